The topological polar surface area (TPSA) is 54.1 Å². The van der Waals surface area contributed by atoms with Crippen LogP contribution in [-0.4, -0.2) is 30.1 Å². The third-order valence-corrected chi connectivity index (χ3v) is 2.90. The zero-order valence-electron chi connectivity index (χ0n) is 9.34. The molecule has 2 heterocycles. The highest BCUT2D eigenvalue weighted by atomic mass is 19.1. The van der Waals surface area contributed by atoms with Gasteiger partial charge in [-0.2, -0.15) is 0 Å². The third-order valence-electron chi connectivity index (χ3n) is 2.90. The summed E-state index contributed by atoms with van der Waals surface area (Å²) in [5, 5.41) is 2.84. The van der Waals surface area contributed by atoms with Crippen LogP contribution in [0.1, 0.15) is 24.3 Å². The van der Waals surface area contributed by atoms with Crippen molar-refractivity contribution in [1.82, 2.24) is 10.3 Å². The van der Waals surface area contributed by atoms with E-state index < -0.39 is 5.82 Å². The molecule has 0 aliphatic carbocycles. The van der Waals surface area contributed by atoms with E-state index in [0.717, 1.165) is 6.20 Å². The molecule has 0 radical (unpaired) electrons. The summed E-state index contributed by atoms with van der Waals surface area (Å²) in [7, 11) is 0. The lowest BCUT2D eigenvalue weighted by molar-refractivity contribution is 0.0910. The summed E-state index contributed by atoms with van der Waals surface area (Å²) in [5.41, 5.74) is 0.154. The zero-order valence-corrected chi connectivity index (χ0v) is 9.34. The van der Waals surface area contributed by atoms with Crippen LogP contribution in [0, 0.1) is 11.2 Å². The van der Waals surface area contributed by atoms with Crippen LogP contribution in [0.25, 0.3) is 0 Å². The van der Waals surface area contributed by atoms with Crippen molar-refractivity contribution < 1.29 is 13.9 Å². The van der Waals surface area contributed by atoms with Gasteiger partial charge < -0.3 is 15.0 Å². The molecular formula is C11H15FN2O2. The lowest BCUT2D eigenvalue weighted by Crippen LogP contribution is -2.44. The fraction of sp³-hybridized carbons (Fsp3) is 0.545. The lowest BCUT2D eigenvalue weighted by atomic mass is 9.88. The van der Waals surface area contributed by atoms with Crippen molar-refractivity contribution in [2.75, 3.05) is 13.2 Å². The van der Waals surface area contributed by atoms with E-state index >= 15 is 0 Å². The van der Waals surface area contributed by atoms with Gasteiger partial charge in [-0.1, -0.05) is 13.8 Å². The molecule has 5 heteroatoms. The maximum absolute atomic E-state index is 12.7. The Morgan fingerprint density at radius 3 is 2.94 bits per heavy atom. The van der Waals surface area contributed by atoms with Gasteiger partial charge in [-0.25, -0.2) is 4.39 Å². The second kappa shape index (κ2) is 3.90. The van der Waals surface area contributed by atoms with E-state index in [9.17, 15) is 9.18 Å². The number of carbonyl (C=O) groups is 1. The van der Waals surface area contributed by atoms with Crippen LogP contribution in [-0.2, 0) is 4.74 Å². The molecule has 1 aliphatic rings. The Balaban J connectivity index is 2.03. The maximum atomic E-state index is 12.7. The molecule has 1 aromatic rings. The summed E-state index contributed by atoms with van der Waals surface area (Å²) in [6, 6.07) is 1.14. The van der Waals surface area contributed by atoms with Crippen LogP contribution in [0.5, 0.6) is 0 Å². The molecule has 1 saturated heterocycles. The number of carbonyl (C=O) groups excluding carboxylic acids is 1. The van der Waals surface area contributed by atoms with Crippen molar-refractivity contribution in [2.45, 2.75) is 19.9 Å². The first-order chi connectivity index (χ1) is 7.49. The number of halogens is 1. The average Bonchev–Trinajstić information content (AvgIpc) is 2.74. The van der Waals surface area contributed by atoms with Gasteiger partial charge in [0.2, 0.25) is 0 Å². The summed E-state index contributed by atoms with van der Waals surface area (Å²) in [6.45, 7) is 5.18. The van der Waals surface area contributed by atoms with Crippen LogP contribution < -0.4 is 5.32 Å². The fourth-order valence-electron chi connectivity index (χ4n) is 1.74. The highest BCUT2D eigenvalue weighted by Gasteiger charge is 2.36. The first kappa shape index (κ1) is 11.1. The molecule has 1 aliphatic heterocycles. The van der Waals surface area contributed by atoms with E-state index in [-0.39, 0.29) is 23.1 Å². The number of aromatic nitrogens is 1. The van der Waals surface area contributed by atoms with Gasteiger partial charge in [0.25, 0.3) is 5.91 Å². The van der Waals surface area contributed by atoms with Gasteiger partial charge in [-0.15, -0.1) is 0 Å². The fourth-order valence-corrected chi connectivity index (χ4v) is 1.74. The van der Waals surface area contributed by atoms with Crippen LogP contribution in [0.2, 0.25) is 0 Å². The minimum Gasteiger partial charge on any atom is -0.379 e. The van der Waals surface area contributed by atoms with Gasteiger partial charge in [-0.05, 0) is 0 Å². The first-order valence-electron chi connectivity index (χ1n) is 5.21. The van der Waals surface area contributed by atoms with Crippen LogP contribution >= 0.6 is 0 Å². The summed E-state index contributed by atoms with van der Waals surface area (Å²) in [4.78, 5) is 14.3. The van der Waals surface area contributed by atoms with Crippen LogP contribution in [0.4, 0.5) is 4.39 Å². The highest BCUT2D eigenvalue weighted by Crippen LogP contribution is 2.27. The molecule has 1 aromatic heterocycles. The molecular weight excluding hydrogens is 211 g/mol. The number of rotatable bonds is 2. The number of hydrogen-bond acceptors (Lipinski definition) is 2. The second-order valence-corrected chi connectivity index (χ2v) is 4.76. The molecule has 1 amide bonds. The Labute approximate surface area is 93.2 Å². The molecule has 1 unspecified atom stereocenters. The van der Waals surface area contributed by atoms with E-state index in [2.05, 4.69) is 10.3 Å². The molecule has 0 saturated carbocycles. The molecule has 1 fully saturated rings. The monoisotopic (exact) mass is 226 g/mol. The number of aromatic amines is 1. The van der Waals surface area contributed by atoms with Crippen LogP contribution in [0.3, 0.4) is 0 Å². The third kappa shape index (κ3) is 2.09. The van der Waals surface area contributed by atoms with Crippen molar-refractivity contribution >= 4 is 5.91 Å². The molecule has 2 N–H and O–H groups in total. The van der Waals surface area contributed by atoms with E-state index in [4.69, 9.17) is 4.74 Å². The molecule has 88 valence electrons. The van der Waals surface area contributed by atoms with Crippen molar-refractivity contribution in [3.63, 3.8) is 0 Å². The Bertz CT molecular complexity index is 400. The number of H-pyrrole nitrogens is 1. The Hall–Kier alpha value is -1.36. The SMILES string of the molecule is CC1(C)COCC1NC(=O)c1cc(F)c[nH]1. The quantitative estimate of drug-likeness (QED) is 0.798. The zero-order chi connectivity index (χ0) is 11.8. The largest absolute Gasteiger partial charge is 0.379 e. The van der Waals surface area contributed by atoms with E-state index in [1.165, 1.54) is 6.07 Å². The van der Waals surface area contributed by atoms with Crippen molar-refractivity contribution in [3.8, 4) is 0 Å². The normalized spacial score (nSPS) is 23.3. The van der Waals surface area contributed by atoms with Crippen molar-refractivity contribution in [3.05, 3.63) is 23.8 Å². The Morgan fingerprint density at radius 2 is 2.44 bits per heavy atom. The van der Waals surface area contributed by atoms with Gasteiger partial charge in [0, 0.05) is 17.7 Å². The van der Waals surface area contributed by atoms with Crippen LogP contribution in [0.15, 0.2) is 12.3 Å². The molecule has 0 aromatic carbocycles. The number of hydrogen-bond donors (Lipinski definition) is 2. The lowest BCUT2D eigenvalue weighted by Gasteiger charge is -2.25. The highest BCUT2D eigenvalue weighted by molar-refractivity contribution is 5.92. The van der Waals surface area contributed by atoms with Gasteiger partial charge in [0.1, 0.15) is 11.5 Å². The number of amides is 1. The minimum absolute atomic E-state index is 0.0358. The Kier molecular flexibility index (Phi) is 2.71. The van der Waals surface area contributed by atoms with Crippen molar-refractivity contribution in [1.29, 1.82) is 0 Å². The molecule has 2 rings (SSSR count). The predicted molar refractivity (Wildman–Crippen MR) is 56.6 cm³/mol. The van der Waals surface area contributed by atoms with Gasteiger partial charge >= 0.3 is 0 Å². The number of ether oxygens (including phenoxy) is 1. The minimum atomic E-state index is -0.438. The smallest absolute Gasteiger partial charge is 0.268 e. The standard InChI is InChI=1S/C11H15FN2O2/c1-11(2)6-16-5-9(11)14-10(15)8-3-7(12)4-13-8/h3-4,9,13H,5-6H2,1-2H3,(H,14,15). The van der Waals surface area contributed by atoms with Gasteiger partial charge in [0.05, 0.1) is 19.3 Å². The molecule has 16 heavy (non-hydrogen) atoms. The summed E-state index contributed by atoms with van der Waals surface area (Å²) in [5.74, 6) is -0.737. The first-order valence-corrected chi connectivity index (χ1v) is 5.21. The molecule has 1 atom stereocenters. The summed E-state index contributed by atoms with van der Waals surface area (Å²) in [6.07, 6.45) is 1.16. The van der Waals surface area contributed by atoms with E-state index in [1.54, 1.807) is 0 Å². The molecule has 0 bridgehead atoms. The Morgan fingerprint density at radius 1 is 1.69 bits per heavy atom. The number of nitrogens with one attached hydrogen (secondary N) is 2. The molecule has 4 nitrogen and oxygen atoms in total. The van der Waals surface area contributed by atoms with Gasteiger partial charge in [-0.3, -0.25) is 4.79 Å². The van der Waals surface area contributed by atoms with Gasteiger partial charge in [0.15, 0.2) is 0 Å². The summed E-state index contributed by atoms with van der Waals surface area (Å²) >= 11 is 0. The van der Waals surface area contributed by atoms with E-state index in [0.29, 0.717) is 13.2 Å². The average molecular weight is 226 g/mol. The summed E-state index contributed by atoms with van der Waals surface area (Å²) < 4.78 is 18.0. The predicted octanol–water partition coefficient (Wildman–Crippen LogP) is 1.31. The second-order valence-electron chi connectivity index (χ2n) is 4.76. The maximum Gasteiger partial charge on any atom is 0.268 e. The molecule has 0 spiro atoms. The van der Waals surface area contributed by atoms with E-state index in [1.807, 2.05) is 13.8 Å². The van der Waals surface area contributed by atoms with Crippen molar-refractivity contribution in [2.24, 2.45) is 5.41 Å².